The molecule has 6 rings (SSSR count). The molecule has 0 aliphatic carbocycles. The van der Waals surface area contributed by atoms with E-state index in [1.54, 1.807) is 60.8 Å². The van der Waals surface area contributed by atoms with E-state index < -0.39 is 102 Å². The molecule has 0 spiro atoms. The van der Waals surface area contributed by atoms with Crippen LogP contribution in [0.15, 0.2) is 103 Å². The lowest BCUT2D eigenvalue weighted by molar-refractivity contribution is -0.135. The molecule has 3 aromatic carbocycles. The van der Waals surface area contributed by atoms with E-state index in [-0.39, 0.29) is 62.5 Å². The molecule has 1 saturated heterocycles. The fraction of sp³-hybridized carbons (Fsp3) is 0.373. The van der Waals surface area contributed by atoms with Gasteiger partial charge in [-0.05, 0) is 61.1 Å². The van der Waals surface area contributed by atoms with Gasteiger partial charge in [0.15, 0.2) is 5.96 Å². The molecule has 27 heteroatoms. The van der Waals surface area contributed by atoms with Crippen molar-refractivity contribution in [3.05, 3.63) is 125 Å². The highest BCUT2D eigenvalue weighted by Crippen LogP contribution is 2.25. The third kappa shape index (κ3) is 18.0. The summed E-state index contributed by atoms with van der Waals surface area (Å²) >= 11 is 6.22. The lowest BCUT2D eigenvalue weighted by atomic mass is 10.0. The standard InChI is InChI=1S/C51H64ClN15O9S2/c1-27(68)42(43(54)69)67-50(76)41-25-78-77-24-40(65-44(70)34(53)18-28-8-3-2-4-9-28)49(75)64-39(21-32-23-57-26-60-32)48(74)62-37(19-29-13-15-31(52)16-14-29)46(72)61-36(12-7-17-58-51(55)56)45(71)63-38(47(73)66-41)20-30-22-59-35-11-6-5-10-33(30)35/h2-6,8-11,13-16,22-23,26-27,34,36-42,59,68H,7,12,17-21,24-25,53H2,1H3,(H2,54,69)(H,57,60)(H,61,72)(H,62,74)(H,63,71)(H,64,75)(H,65,70)(H,66,73)(H,67,76)(H4,55,56,58)/t27-,34+,36-,37-,38+,39-,40-,41+,42+/m0/s1. The number of H-pyrrole nitrogens is 2. The number of nitrogens with zero attached hydrogens (tertiary/aromatic N) is 2. The molecule has 0 unspecified atom stereocenters. The molecule has 5 aromatic rings. The van der Waals surface area contributed by atoms with Crippen LogP contribution in [0.5, 0.6) is 0 Å². The summed E-state index contributed by atoms with van der Waals surface area (Å²) in [5, 5.41) is 30.4. The second-order valence-electron chi connectivity index (χ2n) is 18.5. The molecule has 0 saturated carbocycles. The highest BCUT2D eigenvalue weighted by atomic mass is 35.5. The van der Waals surface area contributed by atoms with E-state index in [4.69, 9.17) is 34.5 Å². The van der Waals surface area contributed by atoms with Crippen LogP contribution in [0.1, 0.15) is 42.1 Å². The normalized spacial score (nSPS) is 21.3. The van der Waals surface area contributed by atoms with Crippen LogP contribution >= 0.6 is 33.2 Å². The molecule has 0 bridgehead atoms. The molecule has 24 nitrogen and oxygen atoms in total. The Labute approximate surface area is 461 Å². The van der Waals surface area contributed by atoms with Crippen LogP contribution in [0.2, 0.25) is 5.02 Å². The Morgan fingerprint density at radius 3 is 2.04 bits per heavy atom. The van der Waals surface area contributed by atoms with Crippen molar-refractivity contribution in [3.63, 3.8) is 0 Å². The number of para-hydroxylation sites is 1. The van der Waals surface area contributed by atoms with E-state index in [0.29, 0.717) is 27.2 Å². The number of guanidine groups is 1. The van der Waals surface area contributed by atoms with Gasteiger partial charge in [-0.1, -0.05) is 93.9 Å². The number of imidazole rings is 1. The number of carbonyl (C=O) groups excluding carboxylic acids is 8. The number of aromatic nitrogens is 3. The Hall–Kier alpha value is -7.65. The lowest BCUT2D eigenvalue weighted by Gasteiger charge is -2.28. The topological polar surface area (TPSA) is 402 Å². The maximum absolute atomic E-state index is 14.8. The molecule has 1 aliphatic rings. The summed E-state index contributed by atoms with van der Waals surface area (Å²) in [6.45, 7) is 1.27. The van der Waals surface area contributed by atoms with Gasteiger partial charge in [-0.2, -0.15) is 0 Å². The largest absolute Gasteiger partial charge is 0.391 e. The average molecular weight is 1130 g/mol. The van der Waals surface area contributed by atoms with E-state index in [2.05, 4.69) is 57.2 Å². The molecule has 416 valence electrons. The third-order valence-corrected chi connectivity index (χ3v) is 15.1. The fourth-order valence-electron chi connectivity index (χ4n) is 8.28. The van der Waals surface area contributed by atoms with Gasteiger partial charge in [0, 0.05) is 71.3 Å². The first kappa shape index (κ1) is 59.6. The smallest absolute Gasteiger partial charge is 0.244 e. The first-order chi connectivity index (χ1) is 37.3. The molecule has 1 aliphatic heterocycles. The van der Waals surface area contributed by atoms with Gasteiger partial charge in [0.05, 0.1) is 18.5 Å². The number of rotatable bonds is 18. The van der Waals surface area contributed by atoms with E-state index in [9.17, 15) is 43.5 Å². The van der Waals surface area contributed by atoms with Crippen LogP contribution in [0, 0.1) is 0 Å². The minimum Gasteiger partial charge on any atom is -0.391 e. The molecule has 8 amide bonds. The van der Waals surface area contributed by atoms with E-state index >= 15 is 0 Å². The van der Waals surface area contributed by atoms with Gasteiger partial charge in [-0.25, -0.2) is 4.98 Å². The monoisotopic (exact) mass is 1130 g/mol. The van der Waals surface area contributed by atoms with Crippen molar-refractivity contribution in [1.29, 1.82) is 0 Å². The number of nitrogens with two attached hydrogens (primary N) is 4. The number of aliphatic hydroxyl groups is 1. The van der Waals surface area contributed by atoms with Gasteiger partial charge in [0.25, 0.3) is 0 Å². The number of carbonyl (C=O) groups is 8. The van der Waals surface area contributed by atoms with Gasteiger partial charge < -0.3 is 75.2 Å². The fourth-order valence-corrected chi connectivity index (χ4v) is 10.7. The number of aromatic amines is 2. The predicted octanol–water partition coefficient (Wildman–Crippen LogP) is -1.15. The Morgan fingerprint density at radius 2 is 1.37 bits per heavy atom. The summed E-state index contributed by atoms with van der Waals surface area (Å²) in [4.78, 5) is 128. The molecule has 1 fully saturated rings. The van der Waals surface area contributed by atoms with Gasteiger partial charge >= 0.3 is 0 Å². The van der Waals surface area contributed by atoms with Crippen LogP contribution in [0.4, 0.5) is 0 Å². The van der Waals surface area contributed by atoms with E-state index in [1.165, 1.54) is 19.4 Å². The molecule has 9 atom stereocenters. The number of benzene rings is 3. The van der Waals surface area contributed by atoms with E-state index in [1.807, 2.05) is 24.3 Å². The first-order valence-corrected chi connectivity index (χ1v) is 27.7. The number of fused-ring (bicyclic) bond motifs is 1. The quantitative estimate of drug-likeness (QED) is 0.0213. The number of aliphatic imine (C=N–C) groups is 1. The van der Waals surface area contributed by atoms with Crippen molar-refractivity contribution in [2.75, 3.05) is 18.1 Å². The predicted molar refractivity (Wildman–Crippen MR) is 297 cm³/mol. The zero-order valence-corrected chi connectivity index (χ0v) is 44.8. The van der Waals surface area contributed by atoms with Crippen LogP contribution < -0.4 is 60.2 Å². The van der Waals surface area contributed by atoms with Gasteiger partial charge in [-0.3, -0.25) is 43.3 Å². The number of nitrogens with one attached hydrogen (secondary N) is 9. The second kappa shape index (κ2) is 29.2. The number of primary amides is 1. The lowest BCUT2D eigenvalue weighted by Crippen LogP contribution is -2.61. The van der Waals surface area contributed by atoms with Crippen molar-refractivity contribution in [3.8, 4) is 0 Å². The maximum Gasteiger partial charge on any atom is 0.244 e. The Bertz CT molecular complexity index is 2890. The summed E-state index contributed by atoms with van der Waals surface area (Å²) < 4.78 is 0. The zero-order chi connectivity index (χ0) is 56.3. The maximum atomic E-state index is 14.8. The van der Waals surface area contributed by atoms with Crippen molar-refractivity contribution in [2.24, 2.45) is 27.9 Å². The summed E-state index contributed by atoms with van der Waals surface area (Å²) in [6, 6.07) is 11.4. The van der Waals surface area contributed by atoms with Crippen LogP contribution in [-0.4, -0.2) is 146 Å². The average Bonchev–Trinajstić information content (AvgIpc) is 4.09. The zero-order valence-electron chi connectivity index (χ0n) is 42.4. The minimum atomic E-state index is -1.59. The SMILES string of the molecule is C[C@H](O)[C@@H](NC(=O)[C@H]1CSSC[C@H](NC(=O)[C@H](N)Cc2ccccc2)C(=O)N[C@@H](Cc2cnc[nH]2)C(=O)N[C@@H](Cc2ccc(Cl)cc2)C(=O)N[C@@H](CCCN=C(N)N)C(=O)N[C@H](Cc2c[nH]c3ccccc23)C(=O)N1)C(N)=O. The molecular formula is C51H64ClN15O9S2. The molecule has 78 heavy (non-hydrogen) atoms. The van der Waals surface area contributed by atoms with Crippen LogP contribution in [0.25, 0.3) is 10.9 Å². The third-order valence-electron chi connectivity index (χ3n) is 12.4. The second-order valence-corrected chi connectivity index (χ2v) is 21.5. The highest BCUT2D eigenvalue weighted by Gasteiger charge is 2.36. The number of halogens is 1. The van der Waals surface area contributed by atoms with Crippen molar-refractivity contribution >= 4 is 97.3 Å². The van der Waals surface area contributed by atoms with E-state index in [0.717, 1.165) is 32.7 Å². The number of hydrogen-bond donors (Lipinski definition) is 14. The Balaban J connectivity index is 1.42. The highest BCUT2D eigenvalue weighted by molar-refractivity contribution is 8.76. The van der Waals surface area contributed by atoms with Gasteiger partial charge in [0.2, 0.25) is 47.3 Å². The molecule has 0 radical (unpaired) electrons. The summed E-state index contributed by atoms with van der Waals surface area (Å²) in [6.07, 6.45) is 2.71. The Morgan fingerprint density at radius 1 is 0.756 bits per heavy atom. The Kier molecular flexibility index (Phi) is 22.3. The van der Waals surface area contributed by atoms with Crippen molar-refractivity contribution in [1.82, 2.24) is 52.2 Å². The summed E-state index contributed by atoms with van der Waals surface area (Å²) in [7, 11) is 1.99. The molecule has 3 heterocycles. The van der Waals surface area contributed by atoms with Crippen LogP contribution in [-0.2, 0) is 64.0 Å². The molecular weight excluding hydrogens is 1070 g/mol. The van der Waals surface area contributed by atoms with Crippen molar-refractivity contribution in [2.45, 2.75) is 99.9 Å². The number of hydrogen-bond acceptors (Lipinski definition) is 14. The van der Waals surface area contributed by atoms with Crippen LogP contribution in [0.3, 0.4) is 0 Å². The van der Waals surface area contributed by atoms with Gasteiger partial charge in [-0.15, -0.1) is 0 Å². The first-order valence-electron chi connectivity index (χ1n) is 24.8. The number of aliphatic hydroxyl groups excluding tert-OH is 1. The minimum absolute atomic E-state index is 0.0345. The number of amides is 8. The molecule has 2 aromatic heterocycles. The van der Waals surface area contributed by atoms with Gasteiger partial charge in [0.1, 0.15) is 42.3 Å². The molecule has 18 N–H and O–H groups in total. The summed E-state index contributed by atoms with van der Waals surface area (Å²) in [5.41, 5.74) is 26.1. The van der Waals surface area contributed by atoms with Crippen molar-refractivity contribution < 1.29 is 43.5 Å². The summed E-state index contributed by atoms with van der Waals surface area (Å²) in [5.74, 6) is -7.63.